The van der Waals surface area contributed by atoms with Crippen molar-refractivity contribution in [2.45, 2.75) is 31.7 Å². The SMILES string of the molecule is C[C@@](C(=O)O)(c1cccs1)N1CCCCC1. The Morgan fingerprint density at radius 3 is 2.62 bits per heavy atom. The molecule has 16 heavy (non-hydrogen) atoms. The Morgan fingerprint density at radius 2 is 2.12 bits per heavy atom. The maximum absolute atomic E-state index is 11.6. The molecule has 1 atom stereocenters. The number of carboxylic acids is 1. The van der Waals surface area contributed by atoms with Crippen LogP contribution >= 0.6 is 11.3 Å². The van der Waals surface area contributed by atoms with Crippen molar-refractivity contribution in [1.29, 1.82) is 0 Å². The number of hydrogen-bond acceptors (Lipinski definition) is 3. The van der Waals surface area contributed by atoms with Gasteiger partial charge in [-0.15, -0.1) is 11.3 Å². The van der Waals surface area contributed by atoms with Gasteiger partial charge in [0, 0.05) is 4.88 Å². The molecule has 0 unspecified atom stereocenters. The van der Waals surface area contributed by atoms with Gasteiger partial charge in [0.25, 0.3) is 0 Å². The van der Waals surface area contributed by atoms with E-state index in [9.17, 15) is 9.90 Å². The van der Waals surface area contributed by atoms with Crippen LogP contribution in [0.25, 0.3) is 0 Å². The first kappa shape index (κ1) is 11.6. The summed E-state index contributed by atoms with van der Waals surface area (Å²) in [6, 6.07) is 3.85. The molecule has 88 valence electrons. The molecule has 0 saturated carbocycles. The van der Waals surface area contributed by atoms with Gasteiger partial charge in [0.05, 0.1) is 0 Å². The number of aliphatic carboxylic acids is 1. The monoisotopic (exact) mass is 239 g/mol. The topological polar surface area (TPSA) is 40.5 Å². The molecule has 3 nitrogen and oxygen atoms in total. The second-order valence-electron chi connectivity index (χ2n) is 4.40. The lowest BCUT2D eigenvalue weighted by Gasteiger charge is -2.39. The Labute approximate surface area is 99.7 Å². The summed E-state index contributed by atoms with van der Waals surface area (Å²) in [4.78, 5) is 14.6. The average Bonchev–Trinajstić information content (AvgIpc) is 2.82. The Hall–Kier alpha value is -0.870. The third-order valence-corrected chi connectivity index (χ3v) is 4.49. The summed E-state index contributed by atoms with van der Waals surface area (Å²) in [5.41, 5.74) is -0.839. The van der Waals surface area contributed by atoms with Crippen molar-refractivity contribution in [3.05, 3.63) is 22.4 Å². The molecule has 0 bridgehead atoms. The van der Waals surface area contributed by atoms with Gasteiger partial charge in [-0.3, -0.25) is 4.90 Å². The second-order valence-corrected chi connectivity index (χ2v) is 5.35. The van der Waals surface area contributed by atoms with Crippen LogP contribution in [0.1, 0.15) is 31.1 Å². The molecule has 1 aromatic heterocycles. The molecule has 1 N–H and O–H groups in total. The van der Waals surface area contributed by atoms with E-state index in [2.05, 4.69) is 4.90 Å². The Kier molecular flexibility index (Phi) is 3.30. The molecular weight excluding hydrogens is 222 g/mol. The van der Waals surface area contributed by atoms with Gasteiger partial charge in [0.15, 0.2) is 5.54 Å². The number of carbonyl (C=O) groups is 1. The molecule has 0 spiro atoms. The Morgan fingerprint density at radius 1 is 1.44 bits per heavy atom. The van der Waals surface area contributed by atoms with Gasteiger partial charge in [-0.05, 0) is 44.3 Å². The van der Waals surface area contributed by atoms with Gasteiger partial charge in [0.2, 0.25) is 0 Å². The summed E-state index contributed by atoms with van der Waals surface area (Å²) in [5.74, 6) is -0.739. The first-order chi connectivity index (χ1) is 7.65. The average molecular weight is 239 g/mol. The van der Waals surface area contributed by atoms with Crippen molar-refractivity contribution in [2.75, 3.05) is 13.1 Å². The van der Waals surface area contributed by atoms with Crippen molar-refractivity contribution in [2.24, 2.45) is 0 Å². The molecule has 2 rings (SSSR count). The predicted octanol–water partition coefficient (Wildman–Crippen LogP) is 2.53. The fourth-order valence-electron chi connectivity index (χ4n) is 2.29. The second kappa shape index (κ2) is 4.55. The molecule has 1 aliphatic heterocycles. The zero-order valence-electron chi connectivity index (χ0n) is 9.48. The number of hydrogen-bond donors (Lipinski definition) is 1. The molecule has 2 heterocycles. The predicted molar refractivity (Wildman–Crippen MR) is 64.7 cm³/mol. The first-order valence-corrected chi connectivity index (χ1v) is 6.56. The van der Waals surface area contributed by atoms with Gasteiger partial charge in [-0.2, -0.15) is 0 Å². The van der Waals surface area contributed by atoms with Crippen LogP contribution in [0, 0.1) is 0 Å². The van der Waals surface area contributed by atoms with Crippen molar-refractivity contribution >= 4 is 17.3 Å². The van der Waals surface area contributed by atoms with Crippen LogP contribution in [-0.4, -0.2) is 29.1 Å². The Balaban J connectivity index is 2.31. The number of rotatable bonds is 3. The zero-order valence-corrected chi connectivity index (χ0v) is 10.3. The van der Waals surface area contributed by atoms with E-state index in [4.69, 9.17) is 0 Å². The molecule has 0 radical (unpaired) electrons. The van der Waals surface area contributed by atoms with Gasteiger partial charge < -0.3 is 5.11 Å². The molecular formula is C12H17NO2S. The van der Waals surface area contributed by atoms with Crippen molar-refractivity contribution < 1.29 is 9.90 Å². The van der Waals surface area contributed by atoms with Crippen LogP contribution in [0.2, 0.25) is 0 Å². The van der Waals surface area contributed by atoms with Crippen LogP contribution in [0.3, 0.4) is 0 Å². The highest BCUT2D eigenvalue weighted by molar-refractivity contribution is 7.10. The summed E-state index contributed by atoms with van der Waals surface area (Å²) in [7, 11) is 0. The highest BCUT2D eigenvalue weighted by Gasteiger charge is 2.42. The lowest BCUT2D eigenvalue weighted by atomic mass is 9.94. The van der Waals surface area contributed by atoms with Crippen LogP contribution in [-0.2, 0) is 10.3 Å². The third kappa shape index (κ3) is 1.87. The van der Waals surface area contributed by atoms with Crippen LogP contribution in [0.4, 0.5) is 0 Å². The number of nitrogens with zero attached hydrogens (tertiary/aromatic N) is 1. The standard InChI is InChI=1S/C12H17NO2S/c1-12(11(14)15,10-6-5-9-16-10)13-7-3-2-4-8-13/h5-6,9H,2-4,7-8H2,1H3,(H,14,15)/t12-/m0/s1. The third-order valence-electron chi connectivity index (χ3n) is 3.41. The highest BCUT2D eigenvalue weighted by atomic mass is 32.1. The van der Waals surface area contributed by atoms with Crippen LogP contribution in [0.5, 0.6) is 0 Å². The van der Waals surface area contributed by atoms with E-state index in [1.165, 1.54) is 17.8 Å². The normalized spacial score (nSPS) is 21.6. The summed E-state index contributed by atoms with van der Waals surface area (Å²) in [6.45, 7) is 3.61. The zero-order chi connectivity index (χ0) is 11.6. The smallest absolute Gasteiger partial charge is 0.329 e. The van der Waals surface area contributed by atoms with Crippen LogP contribution < -0.4 is 0 Å². The van der Waals surface area contributed by atoms with E-state index in [0.717, 1.165) is 30.8 Å². The fraction of sp³-hybridized carbons (Fsp3) is 0.583. The number of thiophene rings is 1. The number of carboxylic acid groups (broad SMARTS) is 1. The molecule has 0 aliphatic carbocycles. The minimum atomic E-state index is -0.839. The largest absolute Gasteiger partial charge is 0.480 e. The molecule has 1 saturated heterocycles. The Bertz CT molecular complexity index is 357. The van der Waals surface area contributed by atoms with E-state index in [0.29, 0.717) is 0 Å². The maximum atomic E-state index is 11.6. The van der Waals surface area contributed by atoms with Crippen molar-refractivity contribution in [3.8, 4) is 0 Å². The molecule has 0 aromatic carbocycles. The summed E-state index contributed by atoms with van der Waals surface area (Å²) in [5, 5.41) is 11.5. The number of likely N-dealkylation sites (tertiary alicyclic amines) is 1. The molecule has 1 fully saturated rings. The van der Waals surface area contributed by atoms with Gasteiger partial charge in [-0.25, -0.2) is 4.79 Å². The summed E-state index contributed by atoms with van der Waals surface area (Å²) in [6.07, 6.45) is 3.43. The van der Waals surface area contributed by atoms with Crippen molar-refractivity contribution in [1.82, 2.24) is 4.90 Å². The van der Waals surface area contributed by atoms with E-state index in [-0.39, 0.29) is 0 Å². The molecule has 1 aromatic rings. The van der Waals surface area contributed by atoms with E-state index >= 15 is 0 Å². The lowest BCUT2D eigenvalue weighted by Crippen LogP contribution is -2.51. The van der Waals surface area contributed by atoms with E-state index < -0.39 is 11.5 Å². The quantitative estimate of drug-likeness (QED) is 0.881. The summed E-state index contributed by atoms with van der Waals surface area (Å²) >= 11 is 1.53. The first-order valence-electron chi connectivity index (χ1n) is 5.68. The van der Waals surface area contributed by atoms with E-state index in [1.54, 1.807) is 0 Å². The molecule has 4 heteroatoms. The minimum Gasteiger partial charge on any atom is -0.480 e. The molecule has 0 amide bonds. The minimum absolute atomic E-state index is 0.739. The van der Waals surface area contributed by atoms with Crippen LogP contribution in [0.15, 0.2) is 17.5 Å². The van der Waals surface area contributed by atoms with Gasteiger partial charge >= 0.3 is 5.97 Å². The van der Waals surface area contributed by atoms with E-state index in [1.807, 2.05) is 24.4 Å². The van der Waals surface area contributed by atoms with Gasteiger partial charge in [-0.1, -0.05) is 12.5 Å². The maximum Gasteiger partial charge on any atom is 0.329 e. The lowest BCUT2D eigenvalue weighted by molar-refractivity contribution is -0.151. The molecule has 1 aliphatic rings. The summed E-state index contributed by atoms with van der Waals surface area (Å²) < 4.78 is 0. The fourth-order valence-corrected chi connectivity index (χ4v) is 3.20. The highest BCUT2D eigenvalue weighted by Crippen LogP contribution is 2.34. The van der Waals surface area contributed by atoms with Gasteiger partial charge in [0.1, 0.15) is 0 Å². The van der Waals surface area contributed by atoms with Crippen molar-refractivity contribution in [3.63, 3.8) is 0 Å². The number of piperidine rings is 1.